The lowest BCUT2D eigenvalue weighted by Gasteiger charge is -2.32. The third kappa shape index (κ3) is 4.74. The Morgan fingerprint density at radius 3 is 2.58 bits per heavy atom. The monoisotopic (exact) mass is 419 g/mol. The average molecular weight is 420 g/mol. The summed E-state index contributed by atoms with van der Waals surface area (Å²) >= 11 is 0. The molecule has 0 saturated carbocycles. The Morgan fingerprint density at radius 2 is 2.03 bits per heavy atom. The van der Waals surface area contributed by atoms with Gasteiger partial charge in [-0.2, -0.15) is 5.26 Å². The highest BCUT2D eigenvalue weighted by Gasteiger charge is 2.45. The number of nitriles is 1. The highest BCUT2D eigenvalue weighted by molar-refractivity contribution is 5.95. The summed E-state index contributed by atoms with van der Waals surface area (Å²) in [6, 6.07) is 13.5. The molecule has 1 aliphatic heterocycles. The molecule has 31 heavy (non-hydrogen) atoms. The van der Waals surface area contributed by atoms with E-state index in [1.807, 2.05) is 41.3 Å². The van der Waals surface area contributed by atoms with Gasteiger partial charge in [0.2, 0.25) is 0 Å². The number of pyridine rings is 1. The maximum atomic E-state index is 13.8. The molecule has 0 bridgehead atoms. The molecule has 1 aromatic carbocycles. The van der Waals surface area contributed by atoms with E-state index >= 15 is 0 Å². The quantitative estimate of drug-likeness (QED) is 0.639. The van der Waals surface area contributed by atoms with Gasteiger partial charge in [0.25, 0.3) is 5.91 Å². The Balaban J connectivity index is 2.06. The first-order chi connectivity index (χ1) is 14.7. The van der Waals surface area contributed by atoms with E-state index in [0.717, 1.165) is 17.7 Å². The zero-order chi connectivity index (χ0) is 22.8. The number of rotatable bonds is 5. The molecule has 5 nitrogen and oxygen atoms in total. The highest BCUT2D eigenvalue weighted by atomic mass is 16.5. The predicted octanol–water partition coefficient (Wildman–Crippen LogP) is 5.53. The zero-order valence-electron chi connectivity index (χ0n) is 19.4. The third-order valence-electron chi connectivity index (χ3n) is 5.99. The van der Waals surface area contributed by atoms with Crippen LogP contribution in [0.5, 0.6) is 5.75 Å². The fourth-order valence-corrected chi connectivity index (χ4v) is 4.62. The first kappa shape index (κ1) is 22.8. The van der Waals surface area contributed by atoms with Crippen LogP contribution in [0.1, 0.15) is 75.1 Å². The SMILES string of the molecule is COc1cc(C(=O)N2C(CC(C)C)C[C@@H](C#N)[C@@H]2c2ccccn2)ccc1C(C)(C)C. The van der Waals surface area contributed by atoms with Gasteiger partial charge in [-0.15, -0.1) is 0 Å². The summed E-state index contributed by atoms with van der Waals surface area (Å²) in [6.07, 6.45) is 3.24. The molecule has 1 aromatic heterocycles. The van der Waals surface area contributed by atoms with Gasteiger partial charge in [0, 0.05) is 17.8 Å². The van der Waals surface area contributed by atoms with Crippen molar-refractivity contribution in [2.45, 2.75) is 65.0 Å². The van der Waals surface area contributed by atoms with Gasteiger partial charge in [-0.25, -0.2) is 0 Å². The molecule has 3 atom stereocenters. The van der Waals surface area contributed by atoms with Crippen molar-refractivity contribution in [3.05, 3.63) is 59.4 Å². The van der Waals surface area contributed by atoms with Gasteiger partial charge in [0.05, 0.1) is 30.8 Å². The Bertz CT molecular complexity index is 957. The van der Waals surface area contributed by atoms with Gasteiger partial charge >= 0.3 is 0 Å². The van der Waals surface area contributed by atoms with E-state index in [2.05, 4.69) is 45.7 Å². The van der Waals surface area contributed by atoms with Gasteiger partial charge in [0.1, 0.15) is 5.75 Å². The number of carbonyl (C=O) groups is 1. The highest BCUT2D eigenvalue weighted by Crippen LogP contribution is 2.43. The lowest BCUT2D eigenvalue weighted by Crippen LogP contribution is -2.39. The van der Waals surface area contributed by atoms with Crippen LogP contribution in [0.15, 0.2) is 42.6 Å². The Kier molecular flexibility index (Phi) is 6.69. The van der Waals surface area contributed by atoms with Crippen LogP contribution < -0.4 is 4.74 Å². The Hall–Kier alpha value is -2.87. The van der Waals surface area contributed by atoms with Crippen molar-refractivity contribution in [3.8, 4) is 11.8 Å². The molecule has 2 heterocycles. The fourth-order valence-electron chi connectivity index (χ4n) is 4.62. The smallest absolute Gasteiger partial charge is 0.254 e. The molecule has 2 aromatic rings. The molecule has 1 saturated heterocycles. The lowest BCUT2D eigenvalue weighted by atomic mass is 9.85. The zero-order valence-corrected chi connectivity index (χ0v) is 19.4. The van der Waals surface area contributed by atoms with Crippen molar-refractivity contribution < 1.29 is 9.53 Å². The lowest BCUT2D eigenvalue weighted by molar-refractivity contribution is 0.0634. The first-order valence-electron chi connectivity index (χ1n) is 11.0. The first-order valence-corrected chi connectivity index (χ1v) is 11.0. The molecule has 3 rings (SSSR count). The third-order valence-corrected chi connectivity index (χ3v) is 5.99. The Morgan fingerprint density at radius 1 is 1.29 bits per heavy atom. The van der Waals surface area contributed by atoms with Crippen LogP contribution in [0, 0.1) is 23.2 Å². The largest absolute Gasteiger partial charge is 0.496 e. The van der Waals surface area contributed by atoms with E-state index in [4.69, 9.17) is 4.74 Å². The van der Waals surface area contributed by atoms with Crippen molar-refractivity contribution in [2.75, 3.05) is 7.11 Å². The van der Waals surface area contributed by atoms with Crippen LogP contribution in [-0.2, 0) is 5.41 Å². The number of likely N-dealkylation sites (tertiary alicyclic amines) is 1. The molecule has 0 spiro atoms. The molecule has 0 N–H and O–H groups in total. The summed E-state index contributed by atoms with van der Waals surface area (Å²) in [5.74, 6) is 0.778. The normalized spacial score (nSPS) is 21.2. The summed E-state index contributed by atoms with van der Waals surface area (Å²) in [4.78, 5) is 20.3. The number of hydrogen-bond acceptors (Lipinski definition) is 4. The number of hydrogen-bond donors (Lipinski definition) is 0. The van der Waals surface area contributed by atoms with Crippen LogP contribution >= 0.6 is 0 Å². The number of nitrogens with zero attached hydrogens (tertiary/aromatic N) is 3. The average Bonchev–Trinajstić information content (AvgIpc) is 3.10. The molecule has 5 heteroatoms. The van der Waals surface area contributed by atoms with E-state index in [9.17, 15) is 10.1 Å². The molecular weight excluding hydrogens is 386 g/mol. The maximum Gasteiger partial charge on any atom is 0.254 e. The molecule has 0 radical (unpaired) electrons. The van der Waals surface area contributed by atoms with Gasteiger partial charge in [-0.3, -0.25) is 9.78 Å². The number of benzene rings is 1. The standard InChI is InChI=1S/C26H33N3O2/c1-17(2)13-20-14-19(16-27)24(22-9-7-8-12-28-22)29(20)25(30)18-10-11-21(26(3,4)5)23(15-18)31-6/h7-12,15,17,19-20,24H,13-14H2,1-6H3/t19-,20?,24+/m0/s1. The van der Waals surface area contributed by atoms with Gasteiger partial charge in [-0.1, -0.05) is 46.8 Å². The molecule has 1 fully saturated rings. The second-order valence-corrected chi connectivity index (χ2v) is 9.83. The van der Waals surface area contributed by atoms with Crippen molar-refractivity contribution in [1.29, 1.82) is 5.26 Å². The molecule has 1 amide bonds. The minimum absolute atomic E-state index is 0.00237. The second kappa shape index (κ2) is 9.09. The van der Waals surface area contributed by atoms with Crippen molar-refractivity contribution in [1.82, 2.24) is 9.88 Å². The number of aromatic nitrogens is 1. The summed E-state index contributed by atoms with van der Waals surface area (Å²) in [5, 5.41) is 9.89. The molecule has 1 unspecified atom stereocenters. The van der Waals surface area contributed by atoms with Crippen LogP contribution in [0.25, 0.3) is 0 Å². The number of methoxy groups -OCH3 is 1. The number of carbonyl (C=O) groups excluding carboxylic acids is 1. The van der Waals surface area contributed by atoms with E-state index in [0.29, 0.717) is 23.7 Å². The van der Waals surface area contributed by atoms with Crippen molar-refractivity contribution >= 4 is 5.91 Å². The Labute approximate surface area is 186 Å². The van der Waals surface area contributed by atoms with Gasteiger partial charge in [-0.05, 0) is 54.0 Å². The van der Waals surface area contributed by atoms with Crippen LogP contribution in [0.3, 0.4) is 0 Å². The summed E-state index contributed by atoms with van der Waals surface area (Å²) in [5.41, 5.74) is 2.32. The fraction of sp³-hybridized carbons (Fsp3) is 0.500. The van der Waals surface area contributed by atoms with E-state index in [1.54, 1.807) is 13.3 Å². The molecule has 1 aliphatic rings. The predicted molar refractivity (Wildman–Crippen MR) is 122 cm³/mol. The van der Waals surface area contributed by atoms with E-state index in [-0.39, 0.29) is 29.3 Å². The van der Waals surface area contributed by atoms with Crippen LogP contribution in [-0.4, -0.2) is 28.9 Å². The molecule has 164 valence electrons. The molecule has 0 aliphatic carbocycles. The minimum Gasteiger partial charge on any atom is -0.496 e. The molecular formula is C26H33N3O2. The van der Waals surface area contributed by atoms with Gasteiger partial charge in [0.15, 0.2) is 0 Å². The summed E-state index contributed by atoms with van der Waals surface area (Å²) in [6.45, 7) is 10.7. The number of amides is 1. The number of ether oxygens (including phenoxy) is 1. The van der Waals surface area contributed by atoms with Crippen molar-refractivity contribution in [3.63, 3.8) is 0 Å². The van der Waals surface area contributed by atoms with Gasteiger partial charge < -0.3 is 9.64 Å². The van der Waals surface area contributed by atoms with E-state index in [1.165, 1.54) is 0 Å². The van der Waals surface area contributed by atoms with Crippen molar-refractivity contribution in [2.24, 2.45) is 11.8 Å². The second-order valence-electron chi connectivity index (χ2n) is 9.83. The van der Waals surface area contributed by atoms with E-state index < -0.39 is 0 Å². The topological polar surface area (TPSA) is 66.2 Å². The van der Waals surface area contributed by atoms with Crippen LogP contribution in [0.4, 0.5) is 0 Å². The van der Waals surface area contributed by atoms with Crippen LogP contribution in [0.2, 0.25) is 0 Å². The maximum absolute atomic E-state index is 13.8. The summed E-state index contributed by atoms with van der Waals surface area (Å²) < 4.78 is 5.64. The minimum atomic E-state index is -0.351. The summed E-state index contributed by atoms with van der Waals surface area (Å²) in [7, 11) is 1.64.